The molecule has 1 saturated carbocycles. The number of primary amides is 1. The first-order chi connectivity index (χ1) is 9.59. The summed E-state index contributed by atoms with van der Waals surface area (Å²) in [5.41, 5.74) is 4.32. The predicted molar refractivity (Wildman–Crippen MR) is 71.4 cm³/mol. The van der Waals surface area contributed by atoms with Crippen molar-refractivity contribution < 1.29 is 22.8 Å². The normalized spacial score (nSPS) is 20.0. The van der Waals surface area contributed by atoms with E-state index in [2.05, 4.69) is 5.32 Å². The zero-order valence-electron chi connectivity index (χ0n) is 12.2. The Kier molecular flexibility index (Phi) is 5.47. The van der Waals surface area contributed by atoms with E-state index in [0.717, 1.165) is 6.42 Å². The minimum Gasteiger partial charge on any atom is -0.370 e. The third-order valence-electron chi connectivity index (χ3n) is 4.05. The maximum atomic E-state index is 12.9. The van der Waals surface area contributed by atoms with E-state index >= 15 is 0 Å². The predicted octanol–water partition coefficient (Wildman–Crippen LogP) is 2.06. The molecule has 4 N–H and O–H groups in total. The SMILES string of the molecule is CC[C@H](C)[C@@H](NC(=O)NC1(CC(N)=O)CCC1)C(F)(F)F. The van der Waals surface area contributed by atoms with E-state index in [1.165, 1.54) is 6.92 Å². The Hall–Kier alpha value is -1.47. The summed E-state index contributed by atoms with van der Waals surface area (Å²) in [5.74, 6) is -1.31. The van der Waals surface area contributed by atoms with Gasteiger partial charge < -0.3 is 16.4 Å². The fraction of sp³-hybridized carbons (Fsp3) is 0.846. The van der Waals surface area contributed by atoms with E-state index in [1.54, 1.807) is 6.92 Å². The van der Waals surface area contributed by atoms with Gasteiger partial charge in [0.05, 0.1) is 5.54 Å². The molecular formula is C13H22F3N3O2. The van der Waals surface area contributed by atoms with Gasteiger partial charge in [-0.2, -0.15) is 13.2 Å². The zero-order chi connectivity index (χ0) is 16.3. The molecule has 2 atom stereocenters. The number of carbonyl (C=O) groups excluding carboxylic acids is 2. The standard InChI is InChI=1S/C13H22F3N3O2/c1-3-8(2)10(13(14,15)16)18-11(21)19-12(5-4-6-12)7-9(17)20/h8,10H,3-7H2,1-2H3,(H2,17,20)(H2,18,19,21)/t8-,10+/m0/s1. The van der Waals surface area contributed by atoms with Crippen LogP contribution in [0.5, 0.6) is 0 Å². The van der Waals surface area contributed by atoms with Gasteiger partial charge >= 0.3 is 12.2 Å². The van der Waals surface area contributed by atoms with Crippen LogP contribution in [0.3, 0.4) is 0 Å². The first-order valence-electron chi connectivity index (χ1n) is 7.03. The second kappa shape index (κ2) is 6.53. The van der Waals surface area contributed by atoms with Crippen molar-refractivity contribution in [3.8, 4) is 0 Å². The maximum absolute atomic E-state index is 12.9. The summed E-state index contributed by atoms with van der Waals surface area (Å²) in [7, 11) is 0. The van der Waals surface area contributed by atoms with Crippen molar-refractivity contribution in [2.75, 3.05) is 0 Å². The Labute approximate surface area is 121 Å². The molecular weight excluding hydrogens is 287 g/mol. The van der Waals surface area contributed by atoms with Crippen molar-refractivity contribution in [2.24, 2.45) is 11.7 Å². The highest BCUT2D eigenvalue weighted by Crippen LogP contribution is 2.35. The summed E-state index contributed by atoms with van der Waals surface area (Å²) in [4.78, 5) is 22.8. The number of amides is 3. The van der Waals surface area contributed by atoms with E-state index in [1.807, 2.05) is 5.32 Å². The summed E-state index contributed by atoms with van der Waals surface area (Å²) >= 11 is 0. The largest absolute Gasteiger partial charge is 0.408 e. The maximum Gasteiger partial charge on any atom is 0.408 e. The van der Waals surface area contributed by atoms with E-state index in [-0.39, 0.29) is 12.8 Å². The number of hydrogen-bond acceptors (Lipinski definition) is 2. The molecule has 0 heterocycles. The molecule has 0 aromatic rings. The van der Waals surface area contributed by atoms with Crippen LogP contribution in [-0.2, 0) is 4.79 Å². The Morgan fingerprint density at radius 3 is 2.24 bits per heavy atom. The molecule has 1 rings (SSSR count). The van der Waals surface area contributed by atoms with Crippen LogP contribution in [0.25, 0.3) is 0 Å². The lowest BCUT2D eigenvalue weighted by molar-refractivity contribution is -0.164. The smallest absolute Gasteiger partial charge is 0.370 e. The lowest BCUT2D eigenvalue weighted by Gasteiger charge is -2.42. The quantitative estimate of drug-likeness (QED) is 0.701. The van der Waals surface area contributed by atoms with E-state index < -0.39 is 35.6 Å². The molecule has 0 aromatic heterocycles. The number of hydrogen-bond donors (Lipinski definition) is 3. The van der Waals surface area contributed by atoms with Gasteiger partial charge in [0.15, 0.2) is 0 Å². The van der Waals surface area contributed by atoms with Crippen molar-refractivity contribution >= 4 is 11.9 Å². The van der Waals surface area contributed by atoms with Gasteiger partial charge in [0.2, 0.25) is 5.91 Å². The molecule has 0 bridgehead atoms. The molecule has 0 aromatic carbocycles. The molecule has 0 radical (unpaired) electrons. The van der Waals surface area contributed by atoms with Crippen LogP contribution >= 0.6 is 0 Å². The highest BCUT2D eigenvalue weighted by molar-refractivity contribution is 5.79. The van der Waals surface area contributed by atoms with Crippen LogP contribution in [-0.4, -0.2) is 29.7 Å². The van der Waals surface area contributed by atoms with Crippen LogP contribution in [0.2, 0.25) is 0 Å². The van der Waals surface area contributed by atoms with Crippen LogP contribution in [0.4, 0.5) is 18.0 Å². The average Bonchev–Trinajstić information content (AvgIpc) is 2.30. The Morgan fingerprint density at radius 2 is 1.90 bits per heavy atom. The van der Waals surface area contributed by atoms with Gasteiger partial charge in [-0.3, -0.25) is 4.79 Å². The molecule has 0 aliphatic heterocycles. The first-order valence-corrected chi connectivity index (χ1v) is 7.03. The molecule has 0 spiro atoms. The van der Waals surface area contributed by atoms with Crippen molar-refractivity contribution in [1.29, 1.82) is 0 Å². The second-order valence-electron chi connectivity index (χ2n) is 5.78. The van der Waals surface area contributed by atoms with Gasteiger partial charge in [0.1, 0.15) is 6.04 Å². The molecule has 0 unspecified atom stereocenters. The third-order valence-corrected chi connectivity index (χ3v) is 4.05. The molecule has 1 aliphatic rings. The van der Waals surface area contributed by atoms with Gasteiger partial charge in [-0.15, -0.1) is 0 Å². The van der Waals surface area contributed by atoms with Gasteiger partial charge in [0, 0.05) is 6.42 Å². The molecule has 0 saturated heterocycles. The van der Waals surface area contributed by atoms with Gasteiger partial charge in [-0.25, -0.2) is 4.79 Å². The number of halogens is 3. The van der Waals surface area contributed by atoms with Crippen molar-refractivity contribution in [1.82, 2.24) is 10.6 Å². The fourth-order valence-corrected chi connectivity index (χ4v) is 2.48. The lowest BCUT2D eigenvalue weighted by atomic mass is 9.74. The minimum atomic E-state index is -4.51. The second-order valence-corrected chi connectivity index (χ2v) is 5.78. The Bertz CT molecular complexity index is 395. The molecule has 5 nitrogen and oxygen atoms in total. The van der Waals surface area contributed by atoms with Crippen LogP contribution < -0.4 is 16.4 Å². The summed E-state index contributed by atoms with van der Waals surface area (Å²) in [6, 6.07) is -2.81. The van der Waals surface area contributed by atoms with Gasteiger partial charge in [-0.1, -0.05) is 20.3 Å². The summed E-state index contributed by atoms with van der Waals surface area (Å²) in [6.45, 7) is 3.06. The summed E-state index contributed by atoms with van der Waals surface area (Å²) < 4.78 is 38.8. The Morgan fingerprint density at radius 1 is 1.33 bits per heavy atom. The number of urea groups is 1. The monoisotopic (exact) mass is 309 g/mol. The molecule has 122 valence electrons. The highest BCUT2D eigenvalue weighted by Gasteiger charge is 2.45. The number of nitrogens with two attached hydrogens (primary N) is 1. The van der Waals surface area contributed by atoms with E-state index in [0.29, 0.717) is 12.8 Å². The molecule has 1 aliphatic carbocycles. The number of alkyl halides is 3. The van der Waals surface area contributed by atoms with Crippen LogP contribution in [0, 0.1) is 5.92 Å². The highest BCUT2D eigenvalue weighted by atomic mass is 19.4. The van der Waals surface area contributed by atoms with Crippen LogP contribution in [0.15, 0.2) is 0 Å². The average molecular weight is 309 g/mol. The van der Waals surface area contributed by atoms with Crippen molar-refractivity contribution in [3.05, 3.63) is 0 Å². The summed E-state index contributed by atoms with van der Waals surface area (Å²) in [5, 5.41) is 4.47. The van der Waals surface area contributed by atoms with Crippen LogP contribution in [0.1, 0.15) is 46.0 Å². The van der Waals surface area contributed by atoms with E-state index in [9.17, 15) is 22.8 Å². The topological polar surface area (TPSA) is 84.2 Å². The minimum absolute atomic E-state index is 0.0551. The zero-order valence-corrected chi connectivity index (χ0v) is 12.2. The molecule has 21 heavy (non-hydrogen) atoms. The number of nitrogens with one attached hydrogen (secondary N) is 2. The fourth-order valence-electron chi connectivity index (χ4n) is 2.48. The van der Waals surface area contributed by atoms with Gasteiger partial charge in [-0.05, 0) is 25.2 Å². The molecule has 3 amide bonds. The van der Waals surface area contributed by atoms with Gasteiger partial charge in [0.25, 0.3) is 0 Å². The third kappa shape index (κ3) is 4.78. The number of rotatable bonds is 6. The summed E-state index contributed by atoms with van der Waals surface area (Å²) in [6.07, 6.45) is -2.38. The van der Waals surface area contributed by atoms with Crippen molar-refractivity contribution in [2.45, 2.75) is 63.7 Å². The number of carbonyl (C=O) groups is 2. The molecule has 1 fully saturated rings. The van der Waals surface area contributed by atoms with E-state index in [4.69, 9.17) is 5.73 Å². The first kappa shape index (κ1) is 17.6. The Balaban J connectivity index is 2.67. The lowest BCUT2D eigenvalue weighted by Crippen LogP contribution is -2.61. The van der Waals surface area contributed by atoms with Crippen molar-refractivity contribution in [3.63, 3.8) is 0 Å². The molecule has 8 heteroatoms.